The number of carbonyl (C=O) groups is 1. The number of amides is 1. The average Bonchev–Trinajstić information content (AvgIpc) is 2.88. The Balaban J connectivity index is 1.74. The van der Waals surface area contributed by atoms with Gasteiger partial charge in [-0.2, -0.15) is 0 Å². The van der Waals surface area contributed by atoms with Crippen molar-refractivity contribution in [2.75, 3.05) is 33.4 Å². The molecule has 1 amide bonds. The van der Waals surface area contributed by atoms with E-state index in [0.29, 0.717) is 26.3 Å². The molecule has 3 aromatic carbocycles. The Bertz CT molecular complexity index is 1100. The van der Waals surface area contributed by atoms with Crippen LogP contribution in [0.2, 0.25) is 0 Å². The number of carbonyl (C=O) groups excluding carboxylic acids is 1. The zero-order chi connectivity index (χ0) is 23.0. The summed E-state index contributed by atoms with van der Waals surface area (Å²) < 4.78 is 11.0. The Hall–Kier alpha value is -3.37. The second kappa shape index (κ2) is 11.0. The van der Waals surface area contributed by atoms with E-state index in [1.165, 1.54) is 5.56 Å². The van der Waals surface area contributed by atoms with E-state index in [-0.39, 0.29) is 5.91 Å². The van der Waals surface area contributed by atoms with Gasteiger partial charge in [0.25, 0.3) is 0 Å². The zero-order valence-corrected chi connectivity index (χ0v) is 19.4. The molecule has 0 radical (unpaired) electrons. The fraction of sp³-hybridized carbons (Fsp3) is 0.276. The second-order valence-electron chi connectivity index (χ2n) is 8.22. The number of rotatable bonds is 7. The number of morpholine rings is 1. The highest BCUT2D eigenvalue weighted by Gasteiger charge is 2.18. The SMILES string of the molecule is CCCc1cc(C(=CC(=O)N2CCOCC2)c2ccc(-c3ccccc3)cc2)ccc1OC. The number of benzene rings is 3. The molecule has 0 aliphatic carbocycles. The maximum Gasteiger partial charge on any atom is 0.247 e. The molecule has 0 aromatic heterocycles. The number of nitrogens with zero attached hydrogens (tertiary/aromatic N) is 1. The predicted molar refractivity (Wildman–Crippen MR) is 133 cm³/mol. The first-order valence-corrected chi connectivity index (χ1v) is 11.6. The van der Waals surface area contributed by atoms with Crippen molar-refractivity contribution in [3.05, 3.63) is 95.6 Å². The summed E-state index contributed by atoms with van der Waals surface area (Å²) in [6.07, 6.45) is 3.73. The molecular formula is C29H31NO3. The first kappa shape index (κ1) is 22.8. The predicted octanol–water partition coefficient (Wildman–Crippen LogP) is 5.61. The Morgan fingerprint density at radius 2 is 1.61 bits per heavy atom. The van der Waals surface area contributed by atoms with Crippen molar-refractivity contribution in [3.63, 3.8) is 0 Å². The topological polar surface area (TPSA) is 38.8 Å². The van der Waals surface area contributed by atoms with Gasteiger partial charge in [0.2, 0.25) is 5.91 Å². The molecule has 0 N–H and O–H groups in total. The average molecular weight is 442 g/mol. The van der Waals surface area contributed by atoms with E-state index in [9.17, 15) is 4.79 Å². The van der Waals surface area contributed by atoms with Gasteiger partial charge >= 0.3 is 0 Å². The first-order chi connectivity index (χ1) is 16.2. The normalized spacial score (nSPS) is 14.2. The van der Waals surface area contributed by atoms with Crippen LogP contribution in [0.3, 0.4) is 0 Å². The van der Waals surface area contributed by atoms with Gasteiger partial charge in [-0.1, -0.05) is 74.0 Å². The Morgan fingerprint density at radius 1 is 0.939 bits per heavy atom. The standard InChI is InChI=1S/C29H31NO3/c1-3-7-26-20-25(14-15-28(26)32-2)27(21-29(31)30-16-18-33-19-17-30)24-12-10-23(11-13-24)22-8-5-4-6-9-22/h4-6,8-15,20-21H,3,7,16-19H2,1-2H3. The van der Waals surface area contributed by atoms with E-state index < -0.39 is 0 Å². The summed E-state index contributed by atoms with van der Waals surface area (Å²) in [5.74, 6) is 0.909. The summed E-state index contributed by atoms with van der Waals surface area (Å²) >= 11 is 0. The number of hydrogen-bond acceptors (Lipinski definition) is 3. The fourth-order valence-corrected chi connectivity index (χ4v) is 4.22. The van der Waals surface area contributed by atoms with E-state index in [1.807, 2.05) is 35.2 Å². The smallest absolute Gasteiger partial charge is 0.247 e. The van der Waals surface area contributed by atoms with Gasteiger partial charge < -0.3 is 14.4 Å². The van der Waals surface area contributed by atoms with Crippen molar-refractivity contribution in [3.8, 4) is 16.9 Å². The van der Waals surface area contributed by atoms with Crippen molar-refractivity contribution in [2.24, 2.45) is 0 Å². The van der Waals surface area contributed by atoms with Crippen LogP contribution < -0.4 is 4.74 Å². The Kier molecular flexibility index (Phi) is 7.59. The van der Waals surface area contributed by atoms with Crippen LogP contribution in [-0.4, -0.2) is 44.2 Å². The molecule has 1 aliphatic heterocycles. The van der Waals surface area contributed by atoms with Crippen LogP contribution in [0.25, 0.3) is 16.7 Å². The molecule has 1 saturated heterocycles. The molecule has 0 saturated carbocycles. The number of hydrogen-bond donors (Lipinski definition) is 0. The summed E-state index contributed by atoms with van der Waals surface area (Å²) in [6.45, 7) is 4.58. The molecule has 170 valence electrons. The molecule has 1 fully saturated rings. The molecule has 33 heavy (non-hydrogen) atoms. The van der Waals surface area contributed by atoms with E-state index in [2.05, 4.69) is 49.4 Å². The number of aryl methyl sites for hydroxylation is 1. The van der Waals surface area contributed by atoms with Crippen LogP contribution in [-0.2, 0) is 16.0 Å². The highest BCUT2D eigenvalue weighted by Crippen LogP contribution is 2.31. The molecular weight excluding hydrogens is 410 g/mol. The summed E-state index contributed by atoms with van der Waals surface area (Å²) in [7, 11) is 1.70. The summed E-state index contributed by atoms with van der Waals surface area (Å²) in [5.41, 5.74) is 6.44. The lowest BCUT2D eigenvalue weighted by Crippen LogP contribution is -2.39. The van der Waals surface area contributed by atoms with Crippen LogP contribution >= 0.6 is 0 Å². The molecule has 0 bridgehead atoms. The quantitative estimate of drug-likeness (QED) is 0.448. The van der Waals surface area contributed by atoms with Gasteiger partial charge in [0.15, 0.2) is 0 Å². The lowest BCUT2D eigenvalue weighted by Gasteiger charge is -2.26. The number of methoxy groups -OCH3 is 1. The molecule has 0 unspecified atom stereocenters. The van der Waals surface area contributed by atoms with Crippen molar-refractivity contribution in [1.82, 2.24) is 4.90 Å². The van der Waals surface area contributed by atoms with Gasteiger partial charge in [-0.25, -0.2) is 0 Å². The minimum Gasteiger partial charge on any atom is -0.496 e. The fourth-order valence-electron chi connectivity index (χ4n) is 4.22. The Morgan fingerprint density at radius 3 is 2.27 bits per heavy atom. The highest BCUT2D eigenvalue weighted by molar-refractivity contribution is 5.99. The van der Waals surface area contributed by atoms with Crippen molar-refractivity contribution >= 4 is 11.5 Å². The van der Waals surface area contributed by atoms with Crippen molar-refractivity contribution in [2.45, 2.75) is 19.8 Å². The van der Waals surface area contributed by atoms with Crippen molar-refractivity contribution < 1.29 is 14.3 Å². The molecule has 4 rings (SSSR count). The summed E-state index contributed by atoms with van der Waals surface area (Å²) in [5, 5.41) is 0. The lowest BCUT2D eigenvalue weighted by atomic mass is 9.93. The summed E-state index contributed by atoms with van der Waals surface area (Å²) in [4.78, 5) is 15.0. The molecule has 0 atom stereocenters. The van der Waals surface area contributed by atoms with E-state index in [1.54, 1.807) is 13.2 Å². The number of ether oxygens (including phenoxy) is 2. The minimum absolute atomic E-state index is 0.0216. The van der Waals surface area contributed by atoms with E-state index in [0.717, 1.165) is 46.4 Å². The summed E-state index contributed by atoms with van der Waals surface area (Å²) in [6, 6.07) is 25.0. The highest BCUT2D eigenvalue weighted by atomic mass is 16.5. The minimum atomic E-state index is 0.0216. The Labute approximate surface area is 196 Å². The van der Waals surface area contributed by atoms with E-state index >= 15 is 0 Å². The maximum atomic E-state index is 13.1. The first-order valence-electron chi connectivity index (χ1n) is 11.6. The lowest BCUT2D eigenvalue weighted by molar-refractivity contribution is -0.129. The third kappa shape index (κ3) is 5.52. The zero-order valence-electron chi connectivity index (χ0n) is 19.4. The van der Waals surface area contributed by atoms with Gasteiger partial charge in [0, 0.05) is 19.2 Å². The van der Waals surface area contributed by atoms with Gasteiger partial charge in [-0.15, -0.1) is 0 Å². The van der Waals surface area contributed by atoms with Crippen LogP contribution in [0.5, 0.6) is 5.75 Å². The third-order valence-electron chi connectivity index (χ3n) is 6.00. The largest absolute Gasteiger partial charge is 0.496 e. The molecule has 1 heterocycles. The second-order valence-corrected chi connectivity index (χ2v) is 8.22. The molecule has 4 heteroatoms. The monoisotopic (exact) mass is 441 g/mol. The molecule has 4 nitrogen and oxygen atoms in total. The van der Waals surface area contributed by atoms with Crippen LogP contribution in [0.1, 0.15) is 30.0 Å². The van der Waals surface area contributed by atoms with Gasteiger partial charge in [0.1, 0.15) is 5.75 Å². The van der Waals surface area contributed by atoms with Gasteiger partial charge in [-0.3, -0.25) is 4.79 Å². The van der Waals surface area contributed by atoms with Crippen LogP contribution in [0.4, 0.5) is 0 Å². The molecule has 1 aliphatic rings. The van der Waals surface area contributed by atoms with Gasteiger partial charge in [0.05, 0.1) is 20.3 Å². The van der Waals surface area contributed by atoms with Crippen molar-refractivity contribution in [1.29, 1.82) is 0 Å². The van der Waals surface area contributed by atoms with E-state index in [4.69, 9.17) is 9.47 Å². The maximum absolute atomic E-state index is 13.1. The van der Waals surface area contributed by atoms with Crippen LogP contribution in [0.15, 0.2) is 78.9 Å². The van der Waals surface area contributed by atoms with Crippen LogP contribution in [0, 0.1) is 0 Å². The third-order valence-corrected chi connectivity index (χ3v) is 6.00. The molecule has 0 spiro atoms. The van der Waals surface area contributed by atoms with Gasteiger partial charge in [-0.05, 0) is 51.9 Å². The molecule has 3 aromatic rings.